The zero-order valence-corrected chi connectivity index (χ0v) is 8.79. The Morgan fingerprint density at radius 1 is 1.40 bits per heavy atom. The first-order chi connectivity index (χ1) is 7.33. The van der Waals surface area contributed by atoms with E-state index in [-0.39, 0.29) is 0 Å². The minimum atomic E-state index is 0.552. The maximum atomic E-state index is 8.75. The Morgan fingerprint density at radius 3 is 2.93 bits per heavy atom. The molecule has 0 bridgehead atoms. The maximum Gasteiger partial charge on any atom is 0.101 e. The minimum Gasteiger partial charge on any atom is -0.326 e. The molecule has 0 aliphatic rings. The SMILES string of the molecule is N#Cc1cncc(-c2ccc(CN)s2)c1. The summed E-state index contributed by atoms with van der Waals surface area (Å²) in [5, 5.41) is 8.75. The number of nitrogens with two attached hydrogens (primary N) is 1. The van der Waals surface area contributed by atoms with E-state index >= 15 is 0 Å². The highest BCUT2D eigenvalue weighted by Gasteiger charge is 2.03. The highest BCUT2D eigenvalue weighted by Crippen LogP contribution is 2.27. The molecule has 0 atom stereocenters. The Labute approximate surface area is 91.8 Å². The summed E-state index contributed by atoms with van der Waals surface area (Å²) in [5.41, 5.74) is 7.09. The van der Waals surface area contributed by atoms with Crippen molar-refractivity contribution in [3.8, 4) is 16.5 Å². The summed E-state index contributed by atoms with van der Waals surface area (Å²) in [5.74, 6) is 0. The average Bonchev–Trinajstić information content (AvgIpc) is 2.78. The lowest BCUT2D eigenvalue weighted by Gasteiger charge is -1.96. The van der Waals surface area contributed by atoms with Crippen molar-refractivity contribution in [2.24, 2.45) is 5.73 Å². The van der Waals surface area contributed by atoms with Crippen LogP contribution in [0.3, 0.4) is 0 Å². The van der Waals surface area contributed by atoms with Crippen LogP contribution < -0.4 is 5.73 Å². The highest BCUT2D eigenvalue weighted by atomic mass is 32.1. The molecule has 0 fully saturated rings. The molecule has 2 heterocycles. The summed E-state index contributed by atoms with van der Waals surface area (Å²) in [7, 11) is 0. The van der Waals surface area contributed by atoms with Crippen molar-refractivity contribution in [3.63, 3.8) is 0 Å². The van der Waals surface area contributed by atoms with E-state index in [9.17, 15) is 0 Å². The van der Waals surface area contributed by atoms with Gasteiger partial charge in [-0.05, 0) is 18.2 Å². The van der Waals surface area contributed by atoms with Gasteiger partial charge in [0.2, 0.25) is 0 Å². The fraction of sp³-hybridized carbons (Fsp3) is 0.0909. The molecule has 15 heavy (non-hydrogen) atoms. The third-order valence-electron chi connectivity index (χ3n) is 2.01. The van der Waals surface area contributed by atoms with Crippen molar-refractivity contribution >= 4 is 11.3 Å². The van der Waals surface area contributed by atoms with Gasteiger partial charge in [-0.1, -0.05) is 0 Å². The van der Waals surface area contributed by atoms with E-state index in [1.54, 1.807) is 23.7 Å². The van der Waals surface area contributed by atoms with Gasteiger partial charge < -0.3 is 5.73 Å². The molecular weight excluding hydrogens is 206 g/mol. The number of hydrogen-bond donors (Lipinski definition) is 1. The molecule has 0 unspecified atom stereocenters. The number of nitrogens with zero attached hydrogens (tertiary/aromatic N) is 2. The number of nitriles is 1. The molecule has 3 nitrogen and oxygen atoms in total. The van der Waals surface area contributed by atoms with E-state index in [0.717, 1.165) is 15.3 Å². The summed E-state index contributed by atoms with van der Waals surface area (Å²) in [6.45, 7) is 0.552. The lowest BCUT2D eigenvalue weighted by Crippen LogP contribution is -1.91. The Balaban J connectivity index is 2.41. The van der Waals surface area contributed by atoms with Crippen LogP contribution in [0, 0.1) is 11.3 Å². The molecule has 0 aromatic carbocycles. The zero-order valence-electron chi connectivity index (χ0n) is 7.97. The van der Waals surface area contributed by atoms with Gasteiger partial charge in [0, 0.05) is 34.3 Å². The largest absolute Gasteiger partial charge is 0.326 e. The molecule has 0 radical (unpaired) electrons. The Bertz CT molecular complexity index is 511. The molecule has 2 aromatic heterocycles. The van der Waals surface area contributed by atoms with Crippen LogP contribution >= 0.6 is 11.3 Å². The third-order valence-corrected chi connectivity index (χ3v) is 3.17. The summed E-state index contributed by atoms with van der Waals surface area (Å²) in [6, 6.07) is 7.91. The van der Waals surface area contributed by atoms with E-state index in [0.29, 0.717) is 12.1 Å². The van der Waals surface area contributed by atoms with Gasteiger partial charge in [-0.15, -0.1) is 11.3 Å². The summed E-state index contributed by atoms with van der Waals surface area (Å²) < 4.78 is 0. The maximum absolute atomic E-state index is 8.75. The molecule has 74 valence electrons. The predicted molar refractivity (Wildman–Crippen MR) is 60.2 cm³/mol. The molecule has 2 rings (SSSR count). The molecule has 0 aliphatic carbocycles. The molecule has 0 spiro atoms. The van der Waals surface area contributed by atoms with Crippen molar-refractivity contribution in [1.29, 1.82) is 5.26 Å². The van der Waals surface area contributed by atoms with Crippen LogP contribution in [0.15, 0.2) is 30.6 Å². The first-order valence-corrected chi connectivity index (χ1v) is 5.29. The van der Waals surface area contributed by atoms with Crippen molar-refractivity contribution < 1.29 is 0 Å². The topological polar surface area (TPSA) is 62.7 Å². The van der Waals surface area contributed by atoms with Crippen molar-refractivity contribution in [2.45, 2.75) is 6.54 Å². The van der Waals surface area contributed by atoms with Gasteiger partial charge >= 0.3 is 0 Å². The average molecular weight is 215 g/mol. The van der Waals surface area contributed by atoms with Gasteiger partial charge in [0.05, 0.1) is 5.56 Å². The molecule has 0 aliphatic heterocycles. The number of pyridine rings is 1. The minimum absolute atomic E-state index is 0.552. The van der Waals surface area contributed by atoms with Crippen LogP contribution in [0.25, 0.3) is 10.4 Å². The van der Waals surface area contributed by atoms with Gasteiger partial charge in [-0.25, -0.2) is 0 Å². The molecule has 2 N–H and O–H groups in total. The highest BCUT2D eigenvalue weighted by molar-refractivity contribution is 7.15. The van der Waals surface area contributed by atoms with E-state index in [1.165, 1.54) is 0 Å². The number of aromatic nitrogens is 1. The van der Waals surface area contributed by atoms with Crippen molar-refractivity contribution in [1.82, 2.24) is 4.98 Å². The first-order valence-electron chi connectivity index (χ1n) is 4.48. The second-order valence-electron chi connectivity index (χ2n) is 3.04. The second-order valence-corrected chi connectivity index (χ2v) is 4.21. The van der Waals surface area contributed by atoms with E-state index in [4.69, 9.17) is 11.0 Å². The number of thiophene rings is 1. The number of hydrogen-bond acceptors (Lipinski definition) is 4. The van der Waals surface area contributed by atoms with E-state index in [1.807, 2.05) is 18.2 Å². The molecule has 2 aromatic rings. The molecule has 0 saturated carbocycles. The summed E-state index contributed by atoms with van der Waals surface area (Å²) >= 11 is 1.63. The second kappa shape index (κ2) is 4.22. The van der Waals surface area contributed by atoms with E-state index < -0.39 is 0 Å². The Morgan fingerprint density at radius 2 is 2.27 bits per heavy atom. The molecular formula is C11H9N3S. The van der Waals surface area contributed by atoms with E-state index in [2.05, 4.69) is 11.1 Å². The third kappa shape index (κ3) is 2.04. The first kappa shape index (κ1) is 9.84. The standard InChI is InChI=1S/C11H9N3S/c12-4-8-3-9(7-14-6-8)11-2-1-10(5-13)15-11/h1-3,6-7H,5,13H2. The lowest BCUT2D eigenvalue weighted by atomic mass is 10.2. The van der Waals surface area contributed by atoms with Gasteiger partial charge in [-0.3, -0.25) is 4.98 Å². The van der Waals surface area contributed by atoms with Crippen LogP contribution in [-0.4, -0.2) is 4.98 Å². The normalized spacial score (nSPS) is 9.87. The van der Waals surface area contributed by atoms with Crippen molar-refractivity contribution in [3.05, 3.63) is 41.0 Å². The summed E-state index contributed by atoms with van der Waals surface area (Å²) in [6.07, 6.45) is 3.31. The Kier molecular flexibility index (Phi) is 2.77. The smallest absolute Gasteiger partial charge is 0.101 e. The number of rotatable bonds is 2. The predicted octanol–water partition coefficient (Wildman–Crippen LogP) is 2.14. The quantitative estimate of drug-likeness (QED) is 0.834. The van der Waals surface area contributed by atoms with Gasteiger partial charge in [0.1, 0.15) is 6.07 Å². The van der Waals surface area contributed by atoms with Crippen molar-refractivity contribution in [2.75, 3.05) is 0 Å². The fourth-order valence-corrected chi connectivity index (χ4v) is 2.15. The van der Waals surface area contributed by atoms with Crippen LogP contribution in [0.2, 0.25) is 0 Å². The van der Waals surface area contributed by atoms with Gasteiger partial charge in [0.15, 0.2) is 0 Å². The van der Waals surface area contributed by atoms with Crippen LogP contribution in [0.1, 0.15) is 10.4 Å². The monoisotopic (exact) mass is 215 g/mol. The van der Waals surface area contributed by atoms with Crippen LogP contribution in [-0.2, 0) is 6.54 Å². The van der Waals surface area contributed by atoms with Crippen LogP contribution in [0.5, 0.6) is 0 Å². The molecule has 0 saturated heterocycles. The Hall–Kier alpha value is -1.70. The fourth-order valence-electron chi connectivity index (χ4n) is 1.28. The summed E-state index contributed by atoms with van der Waals surface area (Å²) in [4.78, 5) is 6.25. The lowest BCUT2D eigenvalue weighted by molar-refractivity contribution is 1.11. The molecule has 0 amide bonds. The zero-order chi connectivity index (χ0) is 10.7. The molecule has 4 heteroatoms. The van der Waals surface area contributed by atoms with Crippen LogP contribution in [0.4, 0.5) is 0 Å². The van der Waals surface area contributed by atoms with Gasteiger partial charge in [-0.2, -0.15) is 5.26 Å². The van der Waals surface area contributed by atoms with Gasteiger partial charge in [0.25, 0.3) is 0 Å².